The molecule has 0 radical (unpaired) electrons. The zero-order valence-corrected chi connectivity index (χ0v) is 11.0. The van der Waals surface area contributed by atoms with E-state index in [1.54, 1.807) is 6.07 Å². The lowest BCUT2D eigenvalue weighted by atomic mass is 9.96. The topological polar surface area (TPSA) is 83.6 Å². The molecule has 0 aromatic heterocycles. The van der Waals surface area contributed by atoms with Crippen LogP contribution in [-0.2, 0) is 11.3 Å². The molecule has 1 aromatic rings. The first-order valence-corrected chi connectivity index (χ1v) is 6.50. The number of rotatable bonds is 4. The summed E-state index contributed by atoms with van der Waals surface area (Å²) in [6.45, 7) is 2.01. The van der Waals surface area contributed by atoms with E-state index in [-0.39, 0.29) is 17.4 Å². The van der Waals surface area contributed by atoms with Crippen LogP contribution in [0.1, 0.15) is 28.8 Å². The van der Waals surface area contributed by atoms with E-state index in [0.717, 1.165) is 18.7 Å². The lowest BCUT2D eigenvalue weighted by Gasteiger charge is -2.30. The molecule has 6 heteroatoms. The Balaban J connectivity index is 1.96. The number of likely N-dealkylation sites (tertiary alicyclic amines) is 1. The molecule has 1 amide bonds. The van der Waals surface area contributed by atoms with Crippen molar-refractivity contribution in [3.8, 4) is 0 Å². The van der Waals surface area contributed by atoms with Crippen molar-refractivity contribution < 1.29 is 19.1 Å². The maximum Gasteiger partial charge on any atom is 0.338 e. The van der Waals surface area contributed by atoms with Gasteiger partial charge in [-0.05, 0) is 43.6 Å². The lowest BCUT2D eigenvalue weighted by molar-refractivity contribution is -0.123. The molecule has 3 N–H and O–H groups in total. The molecule has 0 atom stereocenters. The number of hydrogen-bond acceptors (Lipinski definition) is 3. The van der Waals surface area contributed by atoms with Gasteiger partial charge in [-0.3, -0.25) is 9.69 Å². The SMILES string of the molecule is NC(=O)C1CCN(Cc2ccc(C(=O)O)c(F)c2)CC1. The Labute approximate surface area is 116 Å². The Morgan fingerprint density at radius 1 is 1.35 bits per heavy atom. The third-order valence-electron chi connectivity index (χ3n) is 3.66. The number of primary amides is 1. The van der Waals surface area contributed by atoms with Gasteiger partial charge in [0, 0.05) is 12.5 Å². The summed E-state index contributed by atoms with van der Waals surface area (Å²) in [5.74, 6) is -2.32. The van der Waals surface area contributed by atoms with Crippen LogP contribution in [0.2, 0.25) is 0 Å². The van der Waals surface area contributed by atoms with Gasteiger partial charge in [0.05, 0.1) is 5.56 Å². The number of amides is 1. The summed E-state index contributed by atoms with van der Waals surface area (Å²) in [5.41, 5.74) is 5.68. The molecular weight excluding hydrogens is 263 g/mol. The molecule has 1 heterocycles. The van der Waals surface area contributed by atoms with Crippen molar-refractivity contribution in [3.05, 3.63) is 35.1 Å². The molecule has 1 aliphatic rings. The third-order valence-corrected chi connectivity index (χ3v) is 3.66. The fraction of sp³-hybridized carbons (Fsp3) is 0.429. The highest BCUT2D eigenvalue weighted by molar-refractivity contribution is 5.87. The number of aromatic carboxylic acids is 1. The Morgan fingerprint density at radius 2 is 2.00 bits per heavy atom. The molecule has 0 saturated carbocycles. The Morgan fingerprint density at radius 3 is 2.50 bits per heavy atom. The summed E-state index contributed by atoms with van der Waals surface area (Å²) < 4.78 is 13.6. The van der Waals surface area contributed by atoms with E-state index < -0.39 is 11.8 Å². The van der Waals surface area contributed by atoms with Crippen LogP contribution in [0.25, 0.3) is 0 Å². The molecule has 2 rings (SSSR count). The van der Waals surface area contributed by atoms with Gasteiger partial charge in [0.2, 0.25) is 5.91 Å². The Bertz CT molecular complexity index is 525. The van der Waals surface area contributed by atoms with E-state index in [4.69, 9.17) is 10.8 Å². The molecule has 1 aliphatic heterocycles. The second-order valence-electron chi connectivity index (χ2n) is 5.07. The van der Waals surface area contributed by atoms with Crippen LogP contribution in [0.15, 0.2) is 18.2 Å². The minimum Gasteiger partial charge on any atom is -0.478 e. The van der Waals surface area contributed by atoms with E-state index >= 15 is 0 Å². The van der Waals surface area contributed by atoms with E-state index in [1.165, 1.54) is 12.1 Å². The summed E-state index contributed by atoms with van der Waals surface area (Å²) in [6, 6.07) is 4.15. The van der Waals surface area contributed by atoms with Gasteiger partial charge in [0.25, 0.3) is 0 Å². The standard InChI is InChI=1S/C14H17FN2O3/c15-12-7-9(1-2-11(12)14(19)20)8-17-5-3-10(4-6-17)13(16)18/h1-2,7,10H,3-6,8H2,(H2,16,18)(H,19,20). The van der Waals surface area contributed by atoms with Crippen molar-refractivity contribution in [1.82, 2.24) is 4.90 Å². The first kappa shape index (κ1) is 14.5. The third kappa shape index (κ3) is 3.33. The Kier molecular flexibility index (Phi) is 4.34. The molecule has 108 valence electrons. The van der Waals surface area contributed by atoms with Gasteiger partial charge in [-0.25, -0.2) is 9.18 Å². The van der Waals surface area contributed by atoms with Gasteiger partial charge >= 0.3 is 5.97 Å². The monoisotopic (exact) mass is 280 g/mol. The van der Waals surface area contributed by atoms with Crippen LogP contribution in [0, 0.1) is 11.7 Å². The quantitative estimate of drug-likeness (QED) is 0.868. The smallest absolute Gasteiger partial charge is 0.338 e. The number of nitrogens with zero attached hydrogens (tertiary/aromatic N) is 1. The minimum absolute atomic E-state index is 0.0719. The molecular formula is C14H17FN2O3. The van der Waals surface area contributed by atoms with Gasteiger partial charge in [-0.1, -0.05) is 6.07 Å². The number of carbonyl (C=O) groups is 2. The van der Waals surface area contributed by atoms with Gasteiger partial charge in [-0.2, -0.15) is 0 Å². The highest BCUT2D eigenvalue weighted by Crippen LogP contribution is 2.19. The molecule has 5 nitrogen and oxygen atoms in total. The zero-order valence-electron chi connectivity index (χ0n) is 11.0. The van der Waals surface area contributed by atoms with Gasteiger partial charge in [0.1, 0.15) is 5.82 Å². The molecule has 1 aromatic carbocycles. The normalized spacial score (nSPS) is 17.1. The average Bonchev–Trinajstić information content (AvgIpc) is 2.39. The highest BCUT2D eigenvalue weighted by Gasteiger charge is 2.23. The molecule has 0 aliphatic carbocycles. The maximum atomic E-state index is 13.6. The number of benzene rings is 1. The van der Waals surface area contributed by atoms with Crippen LogP contribution in [0.4, 0.5) is 4.39 Å². The minimum atomic E-state index is -1.27. The number of nitrogens with two attached hydrogens (primary N) is 1. The number of carboxylic acid groups (broad SMARTS) is 1. The van der Waals surface area contributed by atoms with Crippen molar-refractivity contribution in [3.63, 3.8) is 0 Å². The predicted molar refractivity (Wildman–Crippen MR) is 70.6 cm³/mol. The molecule has 0 bridgehead atoms. The Hall–Kier alpha value is -1.95. The van der Waals surface area contributed by atoms with Gasteiger partial charge in [-0.15, -0.1) is 0 Å². The summed E-state index contributed by atoms with van der Waals surface area (Å²) in [7, 11) is 0. The lowest BCUT2D eigenvalue weighted by Crippen LogP contribution is -2.38. The van der Waals surface area contributed by atoms with Gasteiger partial charge in [0.15, 0.2) is 0 Å². The molecule has 1 saturated heterocycles. The number of hydrogen-bond donors (Lipinski definition) is 2. The predicted octanol–water partition coefficient (Wildman–Crippen LogP) is 1.22. The van der Waals surface area contributed by atoms with Crippen LogP contribution in [0.5, 0.6) is 0 Å². The van der Waals surface area contributed by atoms with Crippen LogP contribution in [-0.4, -0.2) is 35.0 Å². The molecule has 1 fully saturated rings. The molecule has 20 heavy (non-hydrogen) atoms. The van der Waals surface area contributed by atoms with Crippen LogP contribution in [0.3, 0.4) is 0 Å². The number of piperidine rings is 1. The van der Waals surface area contributed by atoms with E-state index in [9.17, 15) is 14.0 Å². The van der Waals surface area contributed by atoms with Crippen LogP contribution >= 0.6 is 0 Å². The number of halogens is 1. The largest absolute Gasteiger partial charge is 0.478 e. The second kappa shape index (κ2) is 6.00. The van der Waals surface area contributed by atoms with Crippen molar-refractivity contribution in [1.29, 1.82) is 0 Å². The molecule has 0 unspecified atom stereocenters. The average molecular weight is 280 g/mol. The van der Waals surface area contributed by atoms with Crippen molar-refractivity contribution >= 4 is 11.9 Å². The number of carboxylic acids is 1. The van der Waals surface area contributed by atoms with Crippen LogP contribution < -0.4 is 5.73 Å². The fourth-order valence-corrected chi connectivity index (χ4v) is 2.46. The molecule has 0 spiro atoms. The van der Waals surface area contributed by atoms with Crippen molar-refractivity contribution in [2.75, 3.05) is 13.1 Å². The van der Waals surface area contributed by atoms with Crippen molar-refractivity contribution in [2.45, 2.75) is 19.4 Å². The van der Waals surface area contributed by atoms with E-state index in [2.05, 4.69) is 4.90 Å². The fourth-order valence-electron chi connectivity index (χ4n) is 2.46. The zero-order chi connectivity index (χ0) is 14.7. The van der Waals surface area contributed by atoms with E-state index in [0.29, 0.717) is 19.4 Å². The maximum absolute atomic E-state index is 13.6. The summed E-state index contributed by atoms with van der Waals surface area (Å²) in [6.07, 6.45) is 1.43. The number of carbonyl (C=O) groups excluding carboxylic acids is 1. The first-order chi connectivity index (χ1) is 9.47. The summed E-state index contributed by atoms with van der Waals surface area (Å²) in [4.78, 5) is 23.9. The highest BCUT2D eigenvalue weighted by atomic mass is 19.1. The van der Waals surface area contributed by atoms with Gasteiger partial charge < -0.3 is 10.8 Å². The van der Waals surface area contributed by atoms with Crippen molar-refractivity contribution in [2.24, 2.45) is 11.7 Å². The van der Waals surface area contributed by atoms with E-state index in [1.807, 2.05) is 0 Å². The second-order valence-corrected chi connectivity index (χ2v) is 5.07. The summed E-state index contributed by atoms with van der Waals surface area (Å²) in [5, 5.41) is 8.76. The first-order valence-electron chi connectivity index (χ1n) is 6.50. The summed E-state index contributed by atoms with van der Waals surface area (Å²) >= 11 is 0.